The molecule has 0 unspecified atom stereocenters. The van der Waals surface area contributed by atoms with Crippen molar-refractivity contribution >= 4 is 37.4 Å². The monoisotopic (exact) mass is 334 g/mol. The van der Waals surface area contributed by atoms with Crippen LogP contribution in [-0.2, 0) is 6.54 Å². The molecule has 7 heteroatoms. The topological polar surface area (TPSA) is 81.0 Å². The molecule has 0 fully saturated rings. The first-order valence-corrected chi connectivity index (χ1v) is 7.46. The molecule has 1 heterocycles. The molecule has 6 nitrogen and oxygen atoms in total. The van der Waals surface area contributed by atoms with E-state index in [0.717, 1.165) is 5.56 Å². The van der Waals surface area contributed by atoms with Crippen LogP contribution in [0.1, 0.15) is 5.56 Å². The van der Waals surface area contributed by atoms with Crippen LogP contribution in [0.2, 0.25) is 0 Å². The summed E-state index contributed by atoms with van der Waals surface area (Å²) >= 11 is -0.273. The first-order chi connectivity index (χ1) is 9.75. The van der Waals surface area contributed by atoms with Gasteiger partial charge >= 0.3 is 120 Å². The van der Waals surface area contributed by atoms with Crippen LogP contribution in [-0.4, -0.2) is 27.8 Å². The van der Waals surface area contributed by atoms with E-state index >= 15 is 0 Å². The Labute approximate surface area is 120 Å². The van der Waals surface area contributed by atoms with Crippen LogP contribution in [0.15, 0.2) is 42.5 Å². The van der Waals surface area contributed by atoms with E-state index in [1.165, 1.54) is 0 Å². The predicted molar refractivity (Wildman–Crippen MR) is 76.9 cm³/mol. The van der Waals surface area contributed by atoms with Gasteiger partial charge in [-0.25, -0.2) is 0 Å². The Morgan fingerprint density at radius 1 is 1.15 bits per heavy atom. The van der Waals surface area contributed by atoms with Crippen LogP contribution in [0.3, 0.4) is 0 Å². The summed E-state index contributed by atoms with van der Waals surface area (Å²) in [5.41, 5.74) is 2.57. The van der Waals surface area contributed by atoms with Crippen LogP contribution in [0, 0.1) is 10.1 Å². The average Bonchev–Trinajstić information content (AvgIpc) is 2.93. The Balaban J connectivity index is 1.94. The molecular weight excluding hydrogens is 323 g/mol. The fourth-order valence-electron chi connectivity index (χ4n) is 1.96. The molecule has 0 spiro atoms. The first-order valence-electron chi connectivity index (χ1n) is 5.93. The van der Waals surface area contributed by atoms with Gasteiger partial charge in [-0.3, -0.25) is 0 Å². The number of hydrogen-bond acceptors (Lipinski definition) is 5. The molecule has 0 bridgehead atoms. The molecule has 0 aliphatic heterocycles. The molecule has 1 aromatic heterocycles. The third kappa shape index (κ3) is 2.41. The normalized spacial score (nSPS) is 10.6. The zero-order valence-corrected chi connectivity index (χ0v) is 12.0. The number of benzene rings is 2. The van der Waals surface area contributed by atoms with Crippen molar-refractivity contribution < 1.29 is 4.92 Å². The van der Waals surface area contributed by atoms with Gasteiger partial charge in [0.1, 0.15) is 0 Å². The number of nitrogens with zero attached hydrogens (tertiary/aromatic N) is 3. The molecule has 3 aromatic rings. The standard InChI is InChI=1S/C13H10N4O2Se/c18-17(19)13-11(7-6-10-12(13)16-20-15-10)14-8-9-4-2-1-3-5-9/h1-7,14H,8H2. The molecular formula is C13H10N4O2Se. The van der Waals surface area contributed by atoms with Crippen molar-refractivity contribution in [3.63, 3.8) is 0 Å². The quantitative estimate of drug-likeness (QED) is 0.450. The first kappa shape index (κ1) is 12.8. The number of aromatic nitrogens is 2. The number of nitro benzene ring substituents is 1. The van der Waals surface area contributed by atoms with Crippen LogP contribution < -0.4 is 5.32 Å². The summed E-state index contributed by atoms with van der Waals surface area (Å²) in [6, 6.07) is 13.2. The number of fused-ring (bicyclic) bond motifs is 1. The summed E-state index contributed by atoms with van der Waals surface area (Å²) in [6.45, 7) is 0.531. The zero-order chi connectivity index (χ0) is 13.9. The van der Waals surface area contributed by atoms with Gasteiger partial charge in [0.25, 0.3) is 0 Å². The molecule has 2 aromatic carbocycles. The van der Waals surface area contributed by atoms with E-state index in [4.69, 9.17) is 0 Å². The van der Waals surface area contributed by atoms with E-state index in [0.29, 0.717) is 23.3 Å². The van der Waals surface area contributed by atoms with Gasteiger partial charge in [-0.15, -0.1) is 0 Å². The molecule has 0 amide bonds. The second-order valence-corrected chi connectivity index (χ2v) is 5.30. The van der Waals surface area contributed by atoms with Gasteiger partial charge in [0.15, 0.2) is 0 Å². The maximum atomic E-state index is 11.3. The van der Waals surface area contributed by atoms with E-state index in [-0.39, 0.29) is 20.6 Å². The predicted octanol–water partition coefficient (Wildman–Crippen LogP) is 2.21. The van der Waals surface area contributed by atoms with Gasteiger partial charge in [-0.2, -0.15) is 0 Å². The summed E-state index contributed by atoms with van der Waals surface area (Å²) in [5.74, 6) is 0. The number of hydrogen-bond donors (Lipinski definition) is 1. The number of rotatable bonds is 4. The Morgan fingerprint density at radius 2 is 1.95 bits per heavy atom. The number of anilines is 1. The van der Waals surface area contributed by atoms with E-state index < -0.39 is 4.92 Å². The van der Waals surface area contributed by atoms with E-state index in [1.54, 1.807) is 12.1 Å². The molecule has 100 valence electrons. The Hall–Kier alpha value is -2.24. The van der Waals surface area contributed by atoms with Gasteiger partial charge < -0.3 is 0 Å². The molecule has 0 saturated carbocycles. The van der Waals surface area contributed by atoms with Crippen molar-refractivity contribution in [2.24, 2.45) is 0 Å². The average molecular weight is 333 g/mol. The van der Waals surface area contributed by atoms with Crippen LogP contribution in [0.25, 0.3) is 11.0 Å². The summed E-state index contributed by atoms with van der Waals surface area (Å²) < 4.78 is 8.32. The van der Waals surface area contributed by atoms with Crippen molar-refractivity contribution in [1.82, 2.24) is 7.96 Å². The van der Waals surface area contributed by atoms with Gasteiger partial charge in [-0.05, 0) is 0 Å². The molecule has 3 rings (SSSR count). The zero-order valence-electron chi connectivity index (χ0n) is 10.3. The molecule has 20 heavy (non-hydrogen) atoms. The fraction of sp³-hybridized carbons (Fsp3) is 0.0769. The Morgan fingerprint density at radius 3 is 2.70 bits per heavy atom. The number of nitrogens with one attached hydrogen (secondary N) is 1. The summed E-state index contributed by atoms with van der Waals surface area (Å²) in [4.78, 5) is 10.9. The van der Waals surface area contributed by atoms with Crippen LogP contribution in [0.5, 0.6) is 0 Å². The molecule has 0 aliphatic rings. The molecule has 1 N–H and O–H groups in total. The summed E-state index contributed by atoms with van der Waals surface area (Å²) in [6.07, 6.45) is 0. The van der Waals surface area contributed by atoms with Crippen molar-refractivity contribution in [1.29, 1.82) is 0 Å². The fourth-order valence-corrected chi connectivity index (χ4v) is 3.09. The molecule has 0 radical (unpaired) electrons. The molecule has 0 saturated heterocycles. The van der Waals surface area contributed by atoms with Gasteiger partial charge in [0, 0.05) is 0 Å². The minimum absolute atomic E-state index is 0.0153. The summed E-state index contributed by atoms with van der Waals surface area (Å²) in [7, 11) is 0. The Bertz CT molecular complexity index is 757. The minimum atomic E-state index is -0.396. The third-order valence-electron chi connectivity index (χ3n) is 2.91. The van der Waals surface area contributed by atoms with Gasteiger partial charge in [-0.1, -0.05) is 0 Å². The van der Waals surface area contributed by atoms with E-state index in [1.807, 2.05) is 30.3 Å². The van der Waals surface area contributed by atoms with Crippen LogP contribution in [0.4, 0.5) is 11.4 Å². The summed E-state index contributed by atoms with van der Waals surface area (Å²) in [5, 5.41) is 14.4. The van der Waals surface area contributed by atoms with Crippen LogP contribution >= 0.6 is 0 Å². The van der Waals surface area contributed by atoms with Gasteiger partial charge in [0.2, 0.25) is 0 Å². The second kappa shape index (κ2) is 5.40. The van der Waals surface area contributed by atoms with Crippen molar-refractivity contribution in [2.45, 2.75) is 6.54 Å². The van der Waals surface area contributed by atoms with Crippen molar-refractivity contribution in [3.8, 4) is 0 Å². The van der Waals surface area contributed by atoms with Crippen molar-refractivity contribution in [3.05, 3.63) is 58.1 Å². The SMILES string of the molecule is O=[N+]([O-])c1c(NCc2ccccc2)ccc2n[se]nc12. The Kier molecular flexibility index (Phi) is 3.45. The van der Waals surface area contributed by atoms with Gasteiger partial charge in [0.05, 0.1) is 0 Å². The van der Waals surface area contributed by atoms with E-state index in [2.05, 4.69) is 13.3 Å². The maximum absolute atomic E-state index is 11.3. The third-order valence-corrected chi connectivity index (χ3v) is 4.05. The van der Waals surface area contributed by atoms with Crippen molar-refractivity contribution in [2.75, 3.05) is 5.32 Å². The second-order valence-electron chi connectivity index (χ2n) is 4.19. The van der Waals surface area contributed by atoms with E-state index in [9.17, 15) is 10.1 Å². The number of nitro groups is 1. The molecule has 0 aliphatic carbocycles. The molecule has 0 atom stereocenters.